The van der Waals surface area contributed by atoms with Crippen molar-refractivity contribution < 1.29 is 9.72 Å². The fraction of sp³-hybridized carbons (Fsp3) is 0.278. The molecule has 8 heteroatoms. The molecule has 1 aromatic heterocycles. The van der Waals surface area contributed by atoms with E-state index in [9.17, 15) is 20.2 Å². The third-order valence-electron chi connectivity index (χ3n) is 4.23. The van der Waals surface area contributed by atoms with Gasteiger partial charge in [0.15, 0.2) is 0 Å². The van der Waals surface area contributed by atoms with E-state index < -0.39 is 4.92 Å². The first kappa shape index (κ1) is 17.9. The SMILES string of the molecule is Cc1cc(C)c(C#N)c(SCC(=O)N2CCc3cc([N+](=O)[O-])ccc32)n1. The summed E-state index contributed by atoms with van der Waals surface area (Å²) in [6.45, 7) is 4.20. The minimum Gasteiger partial charge on any atom is -0.311 e. The molecule has 1 aliphatic rings. The zero-order chi connectivity index (χ0) is 18.8. The van der Waals surface area contributed by atoms with Gasteiger partial charge in [0.2, 0.25) is 5.91 Å². The summed E-state index contributed by atoms with van der Waals surface area (Å²) >= 11 is 1.24. The average molecular weight is 368 g/mol. The Balaban J connectivity index is 1.76. The first-order chi connectivity index (χ1) is 12.4. The summed E-state index contributed by atoms with van der Waals surface area (Å²) in [5.41, 5.74) is 3.69. The van der Waals surface area contributed by atoms with Crippen molar-refractivity contribution in [2.45, 2.75) is 25.3 Å². The zero-order valence-electron chi connectivity index (χ0n) is 14.4. The Kier molecular flexibility index (Phi) is 4.91. The molecular weight excluding hydrogens is 352 g/mol. The van der Waals surface area contributed by atoms with Gasteiger partial charge in [-0.15, -0.1) is 0 Å². The molecule has 0 radical (unpaired) electrons. The standard InChI is InChI=1S/C18H16N4O3S/c1-11-7-12(2)20-18(15(11)9-19)26-10-17(23)21-6-5-13-8-14(22(24)25)3-4-16(13)21/h3-4,7-8H,5-6,10H2,1-2H3. The summed E-state index contributed by atoms with van der Waals surface area (Å²) in [6.07, 6.45) is 0.596. The maximum absolute atomic E-state index is 12.6. The molecule has 132 valence electrons. The van der Waals surface area contributed by atoms with Crippen LogP contribution in [-0.2, 0) is 11.2 Å². The molecule has 0 aliphatic carbocycles. The lowest BCUT2D eigenvalue weighted by Gasteiger charge is -2.17. The van der Waals surface area contributed by atoms with E-state index in [1.165, 1.54) is 23.9 Å². The molecule has 26 heavy (non-hydrogen) atoms. The molecule has 7 nitrogen and oxygen atoms in total. The van der Waals surface area contributed by atoms with Crippen LogP contribution in [0.15, 0.2) is 29.3 Å². The number of pyridine rings is 1. The van der Waals surface area contributed by atoms with Gasteiger partial charge in [-0.25, -0.2) is 4.98 Å². The number of hydrogen-bond acceptors (Lipinski definition) is 6. The predicted molar refractivity (Wildman–Crippen MR) is 98.3 cm³/mol. The molecule has 0 bridgehead atoms. The Morgan fingerprint density at radius 3 is 2.88 bits per heavy atom. The predicted octanol–water partition coefficient (Wildman–Crippen LogP) is 3.16. The van der Waals surface area contributed by atoms with E-state index >= 15 is 0 Å². The third kappa shape index (κ3) is 3.39. The monoisotopic (exact) mass is 368 g/mol. The number of carbonyl (C=O) groups is 1. The van der Waals surface area contributed by atoms with Crippen molar-refractivity contribution in [3.63, 3.8) is 0 Å². The van der Waals surface area contributed by atoms with Crippen molar-refractivity contribution in [3.8, 4) is 6.07 Å². The number of nitro groups is 1. The van der Waals surface area contributed by atoms with Crippen molar-refractivity contribution in [2.24, 2.45) is 0 Å². The maximum Gasteiger partial charge on any atom is 0.269 e. The number of thioether (sulfide) groups is 1. The van der Waals surface area contributed by atoms with E-state index in [4.69, 9.17) is 0 Å². The smallest absolute Gasteiger partial charge is 0.269 e. The van der Waals surface area contributed by atoms with Gasteiger partial charge in [-0.05, 0) is 43.5 Å². The molecule has 0 saturated carbocycles. The number of benzene rings is 1. The highest BCUT2D eigenvalue weighted by Gasteiger charge is 2.26. The number of nitro benzene ring substituents is 1. The molecule has 3 rings (SSSR count). The minimum atomic E-state index is -0.435. The summed E-state index contributed by atoms with van der Waals surface area (Å²) in [7, 11) is 0. The highest BCUT2D eigenvalue weighted by Crippen LogP contribution is 2.32. The lowest BCUT2D eigenvalue weighted by Crippen LogP contribution is -2.30. The van der Waals surface area contributed by atoms with Gasteiger partial charge in [0, 0.05) is 30.1 Å². The van der Waals surface area contributed by atoms with Crippen molar-refractivity contribution in [3.05, 3.63) is 56.8 Å². The number of aromatic nitrogens is 1. The number of non-ortho nitro benzene ring substituents is 1. The van der Waals surface area contributed by atoms with Crippen LogP contribution in [0, 0.1) is 35.3 Å². The molecular formula is C18H16N4O3S. The van der Waals surface area contributed by atoms with E-state index in [2.05, 4.69) is 11.1 Å². The summed E-state index contributed by atoms with van der Waals surface area (Å²) < 4.78 is 0. The van der Waals surface area contributed by atoms with Gasteiger partial charge in [-0.3, -0.25) is 14.9 Å². The molecule has 2 aromatic rings. The molecule has 0 unspecified atom stereocenters. The van der Waals surface area contributed by atoms with Gasteiger partial charge in [-0.2, -0.15) is 5.26 Å². The van der Waals surface area contributed by atoms with Gasteiger partial charge in [0.1, 0.15) is 11.1 Å². The Bertz CT molecular complexity index is 952. The van der Waals surface area contributed by atoms with Crippen LogP contribution < -0.4 is 4.90 Å². The summed E-state index contributed by atoms with van der Waals surface area (Å²) in [5, 5.41) is 20.8. The van der Waals surface area contributed by atoms with E-state index in [0.717, 1.165) is 22.5 Å². The number of fused-ring (bicyclic) bond motifs is 1. The lowest BCUT2D eigenvalue weighted by molar-refractivity contribution is -0.384. The van der Waals surface area contributed by atoms with Crippen LogP contribution in [-0.4, -0.2) is 28.1 Å². The van der Waals surface area contributed by atoms with Gasteiger partial charge in [0.25, 0.3) is 5.69 Å². The second-order valence-electron chi connectivity index (χ2n) is 6.03. The number of hydrogen-bond donors (Lipinski definition) is 0. The van der Waals surface area contributed by atoms with Crippen LogP contribution in [0.5, 0.6) is 0 Å². The van der Waals surface area contributed by atoms with E-state index in [1.54, 1.807) is 11.0 Å². The van der Waals surface area contributed by atoms with Crippen molar-refractivity contribution in [2.75, 3.05) is 17.2 Å². The molecule has 0 N–H and O–H groups in total. The van der Waals surface area contributed by atoms with Crippen LogP contribution in [0.2, 0.25) is 0 Å². The first-order valence-electron chi connectivity index (χ1n) is 7.99. The number of nitrogens with zero attached hydrogens (tertiary/aromatic N) is 4. The Labute approximate surface area is 154 Å². The van der Waals surface area contributed by atoms with Gasteiger partial charge in [-0.1, -0.05) is 11.8 Å². The first-order valence-corrected chi connectivity index (χ1v) is 8.98. The van der Waals surface area contributed by atoms with Gasteiger partial charge >= 0.3 is 0 Å². The number of amides is 1. The van der Waals surface area contributed by atoms with Gasteiger partial charge in [0.05, 0.1) is 16.2 Å². The molecule has 1 aromatic carbocycles. The van der Waals surface area contributed by atoms with Crippen molar-refractivity contribution >= 4 is 29.0 Å². The van der Waals surface area contributed by atoms with Crippen molar-refractivity contribution in [1.82, 2.24) is 4.98 Å². The summed E-state index contributed by atoms with van der Waals surface area (Å²) in [4.78, 5) is 29.1. The summed E-state index contributed by atoms with van der Waals surface area (Å²) in [6, 6.07) is 8.55. The number of anilines is 1. The Hall–Kier alpha value is -2.92. The maximum atomic E-state index is 12.6. The number of nitriles is 1. The third-order valence-corrected chi connectivity index (χ3v) is 5.19. The molecule has 0 spiro atoms. The zero-order valence-corrected chi connectivity index (χ0v) is 15.2. The Morgan fingerprint density at radius 1 is 1.42 bits per heavy atom. The van der Waals surface area contributed by atoms with E-state index in [-0.39, 0.29) is 17.3 Å². The molecule has 0 saturated heterocycles. The highest BCUT2D eigenvalue weighted by atomic mass is 32.2. The van der Waals surface area contributed by atoms with E-state index in [0.29, 0.717) is 23.6 Å². The topological polar surface area (TPSA) is 100 Å². The molecule has 1 amide bonds. The lowest BCUT2D eigenvalue weighted by atomic mass is 10.1. The minimum absolute atomic E-state index is 0.0329. The van der Waals surface area contributed by atoms with Crippen LogP contribution in [0.25, 0.3) is 0 Å². The summed E-state index contributed by atoms with van der Waals surface area (Å²) in [5.74, 6) is 0.0496. The Morgan fingerprint density at radius 2 is 2.19 bits per heavy atom. The van der Waals surface area contributed by atoms with Crippen LogP contribution >= 0.6 is 11.8 Å². The number of rotatable bonds is 4. The number of aryl methyl sites for hydroxylation is 2. The molecule has 1 aliphatic heterocycles. The fourth-order valence-electron chi connectivity index (χ4n) is 3.01. The average Bonchev–Trinajstić information content (AvgIpc) is 3.02. The molecule has 0 atom stereocenters. The molecule has 0 fully saturated rings. The second kappa shape index (κ2) is 7.14. The molecule has 2 heterocycles. The largest absolute Gasteiger partial charge is 0.311 e. The normalized spacial score (nSPS) is 12.6. The quantitative estimate of drug-likeness (QED) is 0.467. The van der Waals surface area contributed by atoms with Crippen LogP contribution in [0.4, 0.5) is 11.4 Å². The number of carbonyl (C=O) groups excluding carboxylic acids is 1. The fourth-order valence-corrected chi connectivity index (χ4v) is 3.99. The second-order valence-corrected chi connectivity index (χ2v) is 6.99. The van der Waals surface area contributed by atoms with Crippen LogP contribution in [0.3, 0.4) is 0 Å². The van der Waals surface area contributed by atoms with E-state index in [1.807, 2.05) is 19.9 Å². The van der Waals surface area contributed by atoms with Gasteiger partial charge < -0.3 is 4.90 Å². The van der Waals surface area contributed by atoms with Crippen LogP contribution in [0.1, 0.15) is 22.4 Å². The highest BCUT2D eigenvalue weighted by molar-refractivity contribution is 8.00. The van der Waals surface area contributed by atoms with Crippen molar-refractivity contribution in [1.29, 1.82) is 5.26 Å².